The first-order valence-corrected chi connectivity index (χ1v) is 9.01. The van der Waals surface area contributed by atoms with Gasteiger partial charge >= 0.3 is 6.03 Å². The highest BCUT2D eigenvalue weighted by molar-refractivity contribution is 5.75. The van der Waals surface area contributed by atoms with Crippen molar-refractivity contribution in [2.75, 3.05) is 27.9 Å². The second kappa shape index (κ2) is 8.20. The Morgan fingerprint density at radius 3 is 2.26 bits per heavy atom. The highest BCUT2D eigenvalue weighted by Gasteiger charge is 2.45. The minimum Gasteiger partial charge on any atom is -0.497 e. The maximum Gasteiger partial charge on any atom is 0.315 e. The molecule has 0 unspecified atom stereocenters. The van der Waals surface area contributed by atoms with Gasteiger partial charge in [-0.1, -0.05) is 18.2 Å². The number of rotatable bonds is 8. The number of carbonyl (C=O) groups excluding carboxylic acids is 1. The third-order valence-electron chi connectivity index (χ3n) is 4.89. The molecule has 2 N–H and O–H groups in total. The summed E-state index contributed by atoms with van der Waals surface area (Å²) < 4.78 is 15.7. The van der Waals surface area contributed by atoms with Gasteiger partial charge in [-0.2, -0.15) is 0 Å². The Kier molecular flexibility index (Phi) is 5.74. The van der Waals surface area contributed by atoms with Gasteiger partial charge in [0.15, 0.2) is 11.5 Å². The van der Waals surface area contributed by atoms with Gasteiger partial charge in [-0.3, -0.25) is 0 Å². The van der Waals surface area contributed by atoms with E-state index in [1.54, 1.807) is 21.3 Å². The zero-order chi connectivity index (χ0) is 19.3. The quantitative estimate of drug-likeness (QED) is 0.748. The van der Waals surface area contributed by atoms with Gasteiger partial charge in [-0.05, 0) is 54.7 Å². The first kappa shape index (κ1) is 18.9. The minimum absolute atomic E-state index is 0.149. The summed E-state index contributed by atoms with van der Waals surface area (Å²) in [6.45, 7) is 0.542. The van der Waals surface area contributed by atoms with Crippen LogP contribution in [0.4, 0.5) is 4.79 Å². The fraction of sp³-hybridized carbons (Fsp3) is 0.381. The van der Waals surface area contributed by atoms with Crippen LogP contribution in [-0.2, 0) is 12.0 Å². The van der Waals surface area contributed by atoms with Gasteiger partial charge in [-0.25, -0.2) is 4.79 Å². The van der Waals surface area contributed by atoms with Gasteiger partial charge in [0.2, 0.25) is 0 Å². The van der Waals surface area contributed by atoms with E-state index in [4.69, 9.17) is 14.2 Å². The highest BCUT2D eigenvalue weighted by Crippen LogP contribution is 2.45. The molecule has 0 heterocycles. The number of benzene rings is 2. The second-order valence-corrected chi connectivity index (χ2v) is 6.63. The topological polar surface area (TPSA) is 68.8 Å². The summed E-state index contributed by atoms with van der Waals surface area (Å²) in [4.78, 5) is 12.3. The van der Waals surface area contributed by atoms with Crippen LogP contribution in [-0.4, -0.2) is 33.9 Å². The summed E-state index contributed by atoms with van der Waals surface area (Å²) in [6, 6.07) is 13.5. The summed E-state index contributed by atoms with van der Waals surface area (Å²) in [5.41, 5.74) is 1.93. The van der Waals surface area contributed by atoms with Gasteiger partial charge in [0, 0.05) is 6.54 Å². The van der Waals surface area contributed by atoms with E-state index in [2.05, 4.69) is 10.6 Å². The van der Waals surface area contributed by atoms with Gasteiger partial charge in [0.1, 0.15) is 5.75 Å². The molecule has 1 fully saturated rings. The van der Waals surface area contributed by atoms with Crippen molar-refractivity contribution in [3.63, 3.8) is 0 Å². The second-order valence-electron chi connectivity index (χ2n) is 6.63. The molecule has 0 bridgehead atoms. The van der Waals surface area contributed by atoms with Crippen molar-refractivity contribution in [1.82, 2.24) is 10.6 Å². The Labute approximate surface area is 159 Å². The zero-order valence-corrected chi connectivity index (χ0v) is 16.0. The van der Waals surface area contributed by atoms with Crippen LogP contribution in [0, 0.1) is 0 Å². The molecule has 6 nitrogen and oxygen atoms in total. The Morgan fingerprint density at radius 2 is 1.67 bits per heavy atom. The number of methoxy groups -OCH3 is 3. The third-order valence-corrected chi connectivity index (χ3v) is 4.89. The molecule has 144 valence electrons. The van der Waals surface area contributed by atoms with Crippen LogP contribution < -0.4 is 24.8 Å². The molecule has 0 saturated heterocycles. The lowest BCUT2D eigenvalue weighted by atomic mass is 10.1. The minimum atomic E-state index is -0.250. The average molecular weight is 370 g/mol. The van der Waals surface area contributed by atoms with E-state index < -0.39 is 0 Å². The molecule has 2 amide bonds. The van der Waals surface area contributed by atoms with Crippen LogP contribution in [0.3, 0.4) is 0 Å². The van der Waals surface area contributed by atoms with Gasteiger partial charge in [0.25, 0.3) is 0 Å². The molecule has 27 heavy (non-hydrogen) atoms. The predicted octanol–water partition coefficient (Wildman–Crippen LogP) is 3.24. The standard InChI is InChI=1S/C21H26N2O4/c1-25-17-7-5-16(6-8-17)21(11-12-21)23-20(24)22-13-10-15-4-9-18(26-2)19(14-15)27-3/h4-9,14H,10-13H2,1-3H3,(H2,22,23,24). The highest BCUT2D eigenvalue weighted by atomic mass is 16.5. The number of nitrogens with one attached hydrogen (secondary N) is 2. The van der Waals surface area contributed by atoms with Crippen molar-refractivity contribution in [1.29, 1.82) is 0 Å². The first-order chi connectivity index (χ1) is 13.1. The van der Waals surface area contributed by atoms with Crippen LogP contribution in [0.5, 0.6) is 17.2 Å². The Hall–Kier alpha value is -2.89. The number of carbonyl (C=O) groups is 1. The molecule has 2 aromatic carbocycles. The summed E-state index contributed by atoms with van der Waals surface area (Å²) >= 11 is 0. The third kappa shape index (κ3) is 4.45. The van der Waals surface area contributed by atoms with Crippen molar-refractivity contribution in [2.24, 2.45) is 0 Å². The Balaban J connectivity index is 1.51. The zero-order valence-electron chi connectivity index (χ0n) is 16.0. The number of hydrogen-bond donors (Lipinski definition) is 2. The van der Waals surface area contributed by atoms with Crippen molar-refractivity contribution in [2.45, 2.75) is 24.8 Å². The average Bonchev–Trinajstić information content (AvgIpc) is 3.48. The SMILES string of the molecule is COc1ccc(C2(NC(=O)NCCc3ccc(OC)c(OC)c3)CC2)cc1. The van der Waals surface area contributed by atoms with Crippen LogP contribution in [0.25, 0.3) is 0 Å². The molecular formula is C21H26N2O4. The van der Waals surface area contributed by atoms with Crippen LogP contribution in [0.15, 0.2) is 42.5 Å². The number of ether oxygens (including phenoxy) is 3. The molecule has 2 aromatic rings. The van der Waals surface area contributed by atoms with Crippen molar-refractivity contribution < 1.29 is 19.0 Å². The molecule has 0 aliphatic heterocycles. The van der Waals surface area contributed by atoms with Crippen LogP contribution >= 0.6 is 0 Å². The summed E-state index contributed by atoms with van der Waals surface area (Å²) in [5, 5.41) is 6.05. The predicted molar refractivity (Wildman–Crippen MR) is 104 cm³/mol. The monoisotopic (exact) mass is 370 g/mol. The summed E-state index contributed by atoms with van der Waals surface area (Å²) in [7, 11) is 4.87. The number of amides is 2. The molecule has 0 aromatic heterocycles. The molecule has 6 heteroatoms. The molecule has 1 aliphatic carbocycles. The number of urea groups is 1. The van der Waals surface area contributed by atoms with E-state index in [1.165, 1.54) is 0 Å². The normalized spacial score (nSPS) is 14.2. The lowest BCUT2D eigenvalue weighted by Gasteiger charge is -2.19. The fourth-order valence-electron chi connectivity index (χ4n) is 3.14. The van der Waals surface area contributed by atoms with Crippen molar-refractivity contribution in [3.8, 4) is 17.2 Å². The van der Waals surface area contributed by atoms with Crippen LogP contribution in [0.1, 0.15) is 24.0 Å². The Morgan fingerprint density at radius 1 is 0.963 bits per heavy atom. The molecule has 0 spiro atoms. The summed E-state index contributed by atoms with van der Waals surface area (Å²) in [5.74, 6) is 2.20. The largest absolute Gasteiger partial charge is 0.497 e. The summed E-state index contributed by atoms with van der Waals surface area (Å²) in [6.07, 6.45) is 2.61. The molecular weight excluding hydrogens is 344 g/mol. The van der Waals surface area contributed by atoms with E-state index in [1.807, 2.05) is 42.5 Å². The van der Waals surface area contributed by atoms with E-state index in [9.17, 15) is 4.79 Å². The molecule has 0 atom stereocenters. The Bertz CT molecular complexity index is 785. The van der Waals surface area contributed by atoms with E-state index >= 15 is 0 Å². The van der Waals surface area contributed by atoms with Gasteiger partial charge < -0.3 is 24.8 Å². The fourth-order valence-corrected chi connectivity index (χ4v) is 3.14. The van der Waals surface area contributed by atoms with Gasteiger partial charge in [-0.15, -0.1) is 0 Å². The maximum absolute atomic E-state index is 12.3. The molecule has 0 radical (unpaired) electrons. The van der Waals surface area contributed by atoms with Gasteiger partial charge in [0.05, 0.1) is 26.9 Å². The molecule has 1 saturated carbocycles. The molecule has 3 rings (SSSR count). The van der Waals surface area contributed by atoms with E-state index in [-0.39, 0.29) is 11.6 Å². The van der Waals surface area contributed by atoms with Crippen molar-refractivity contribution in [3.05, 3.63) is 53.6 Å². The van der Waals surface area contributed by atoms with Crippen molar-refractivity contribution >= 4 is 6.03 Å². The number of hydrogen-bond acceptors (Lipinski definition) is 4. The lowest BCUT2D eigenvalue weighted by molar-refractivity contribution is 0.236. The molecule has 1 aliphatic rings. The maximum atomic E-state index is 12.3. The van der Waals surface area contributed by atoms with E-state index in [0.29, 0.717) is 24.5 Å². The smallest absolute Gasteiger partial charge is 0.315 e. The van der Waals surface area contributed by atoms with E-state index in [0.717, 1.165) is 29.7 Å². The lowest BCUT2D eigenvalue weighted by Crippen LogP contribution is -2.42. The van der Waals surface area contributed by atoms with Crippen LogP contribution in [0.2, 0.25) is 0 Å². The first-order valence-electron chi connectivity index (χ1n) is 9.01.